The maximum Gasteiger partial charge on any atom is 0.243 e. The molecule has 0 spiro atoms. The number of hydrogen-bond donors (Lipinski definition) is 2. The molecule has 122 valence electrons. The summed E-state index contributed by atoms with van der Waals surface area (Å²) < 4.78 is 4.96. The first kappa shape index (κ1) is 17.1. The summed E-state index contributed by atoms with van der Waals surface area (Å²) in [4.78, 5) is 26.8. The van der Waals surface area contributed by atoms with Crippen molar-refractivity contribution in [2.45, 2.75) is 13.3 Å². The number of amides is 2. The predicted molar refractivity (Wildman–Crippen MR) is 89.0 cm³/mol. The summed E-state index contributed by atoms with van der Waals surface area (Å²) in [5, 5.41) is 5.50. The van der Waals surface area contributed by atoms with Gasteiger partial charge in [-0.2, -0.15) is 0 Å². The normalized spacial score (nSPS) is 10.5. The highest BCUT2D eigenvalue weighted by Crippen LogP contribution is 2.24. The number of nitrogens with one attached hydrogen (secondary N) is 1. The number of nitrogens with zero attached hydrogens (tertiary/aromatic N) is 1. The van der Waals surface area contributed by atoms with Crippen molar-refractivity contribution in [1.29, 1.82) is 0 Å². The summed E-state index contributed by atoms with van der Waals surface area (Å²) in [5.41, 5.74) is 7.92. The van der Waals surface area contributed by atoms with Gasteiger partial charge in [-0.15, -0.1) is 11.3 Å². The Morgan fingerprint density at radius 1 is 1.30 bits per heavy atom. The van der Waals surface area contributed by atoms with Gasteiger partial charge in [0.25, 0.3) is 0 Å². The number of aromatic nitrogens is 1. The molecule has 2 aromatic rings. The summed E-state index contributed by atoms with van der Waals surface area (Å²) in [7, 11) is 0. The fraction of sp³-hybridized carbons (Fsp3) is 0.312. The number of ether oxygens (including phenoxy) is 1. The monoisotopic (exact) mass is 333 g/mol. The minimum atomic E-state index is -0.526. The topological polar surface area (TPSA) is 94.3 Å². The second kappa shape index (κ2) is 8.40. The van der Waals surface area contributed by atoms with Gasteiger partial charge in [0.05, 0.1) is 18.7 Å². The first-order chi connectivity index (χ1) is 11.0. The highest BCUT2D eigenvalue weighted by atomic mass is 32.1. The summed E-state index contributed by atoms with van der Waals surface area (Å²) in [5.74, 6) is -0.657. The standard InChI is InChI=1S/C16H19N3O3S/c1-11-2-4-12(5-3-11)16-19-13(10-23-16)8-15(21)18-6-7-22-9-14(17)20/h2-5,10H,6-9H2,1H3,(H2,17,20)(H,18,21). The Balaban J connectivity index is 1.78. The van der Waals surface area contributed by atoms with E-state index in [2.05, 4.69) is 10.3 Å². The van der Waals surface area contributed by atoms with Crippen molar-refractivity contribution in [3.8, 4) is 10.6 Å². The Labute approximate surface area is 138 Å². The minimum Gasteiger partial charge on any atom is -0.370 e. The molecule has 2 rings (SSSR count). The largest absolute Gasteiger partial charge is 0.370 e. The SMILES string of the molecule is Cc1ccc(-c2nc(CC(=O)NCCOCC(N)=O)cs2)cc1. The first-order valence-electron chi connectivity index (χ1n) is 7.19. The Hall–Kier alpha value is -2.25. The lowest BCUT2D eigenvalue weighted by molar-refractivity contribution is -0.122. The predicted octanol–water partition coefficient (Wildman–Crippen LogP) is 1.28. The van der Waals surface area contributed by atoms with E-state index in [-0.39, 0.29) is 25.5 Å². The van der Waals surface area contributed by atoms with Gasteiger partial charge in [0, 0.05) is 17.5 Å². The number of primary amides is 1. The zero-order chi connectivity index (χ0) is 16.7. The van der Waals surface area contributed by atoms with Crippen LogP contribution in [0.5, 0.6) is 0 Å². The number of benzene rings is 1. The van der Waals surface area contributed by atoms with Crippen LogP contribution in [0.4, 0.5) is 0 Å². The number of rotatable bonds is 8. The molecule has 0 saturated heterocycles. The zero-order valence-electron chi connectivity index (χ0n) is 12.9. The molecule has 23 heavy (non-hydrogen) atoms. The van der Waals surface area contributed by atoms with Crippen LogP contribution in [0.25, 0.3) is 10.6 Å². The third-order valence-electron chi connectivity index (χ3n) is 3.00. The number of hydrogen-bond acceptors (Lipinski definition) is 5. The third-order valence-corrected chi connectivity index (χ3v) is 3.95. The number of carbonyl (C=O) groups excluding carboxylic acids is 2. The summed E-state index contributed by atoms with van der Waals surface area (Å²) >= 11 is 1.52. The molecule has 0 fully saturated rings. The Morgan fingerprint density at radius 3 is 2.74 bits per heavy atom. The van der Waals surface area contributed by atoms with Gasteiger partial charge in [-0.05, 0) is 6.92 Å². The van der Waals surface area contributed by atoms with Crippen LogP contribution >= 0.6 is 11.3 Å². The van der Waals surface area contributed by atoms with Crippen LogP contribution in [-0.2, 0) is 20.7 Å². The van der Waals surface area contributed by atoms with Crippen LogP contribution in [0.2, 0.25) is 0 Å². The molecule has 3 N–H and O–H groups in total. The first-order valence-corrected chi connectivity index (χ1v) is 8.07. The second-order valence-electron chi connectivity index (χ2n) is 5.06. The molecule has 1 aromatic heterocycles. The molecule has 0 aliphatic heterocycles. The van der Waals surface area contributed by atoms with Crippen molar-refractivity contribution < 1.29 is 14.3 Å². The maximum absolute atomic E-state index is 11.8. The third kappa shape index (κ3) is 5.80. The van der Waals surface area contributed by atoms with E-state index in [1.807, 2.05) is 36.6 Å². The van der Waals surface area contributed by atoms with E-state index >= 15 is 0 Å². The Kier molecular flexibility index (Phi) is 6.25. The summed E-state index contributed by atoms with van der Waals surface area (Å²) in [6.45, 7) is 2.48. The van der Waals surface area contributed by atoms with E-state index in [1.165, 1.54) is 16.9 Å². The summed E-state index contributed by atoms with van der Waals surface area (Å²) in [6.07, 6.45) is 0.220. The van der Waals surface area contributed by atoms with Crippen LogP contribution in [0.3, 0.4) is 0 Å². The molecule has 0 unspecified atom stereocenters. The lowest BCUT2D eigenvalue weighted by Gasteiger charge is -2.04. The van der Waals surface area contributed by atoms with Crippen LogP contribution in [0.1, 0.15) is 11.3 Å². The number of carbonyl (C=O) groups is 2. The average molecular weight is 333 g/mol. The second-order valence-corrected chi connectivity index (χ2v) is 5.91. The van der Waals surface area contributed by atoms with Gasteiger partial charge < -0.3 is 15.8 Å². The lowest BCUT2D eigenvalue weighted by atomic mass is 10.2. The maximum atomic E-state index is 11.8. The summed E-state index contributed by atoms with van der Waals surface area (Å²) in [6, 6.07) is 8.12. The molecule has 1 aromatic carbocycles. The lowest BCUT2D eigenvalue weighted by Crippen LogP contribution is -2.30. The molecule has 1 heterocycles. The van der Waals surface area contributed by atoms with Gasteiger partial charge in [0.2, 0.25) is 11.8 Å². The van der Waals surface area contributed by atoms with Crippen molar-refractivity contribution in [2.75, 3.05) is 19.8 Å². The number of nitrogens with two attached hydrogens (primary N) is 1. The van der Waals surface area contributed by atoms with E-state index in [4.69, 9.17) is 10.5 Å². The molecule has 0 bridgehead atoms. The molecule has 2 amide bonds. The van der Waals surface area contributed by atoms with E-state index < -0.39 is 5.91 Å². The van der Waals surface area contributed by atoms with Gasteiger partial charge in [-0.3, -0.25) is 9.59 Å². The number of aryl methyl sites for hydroxylation is 1. The molecule has 0 aliphatic carbocycles. The van der Waals surface area contributed by atoms with Crippen molar-refractivity contribution in [1.82, 2.24) is 10.3 Å². The van der Waals surface area contributed by atoms with E-state index in [0.29, 0.717) is 6.54 Å². The average Bonchev–Trinajstić information content (AvgIpc) is 2.95. The van der Waals surface area contributed by atoms with Crippen LogP contribution in [0.15, 0.2) is 29.6 Å². The Morgan fingerprint density at radius 2 is 2.04 bits per heavy atom. The van der Waals surface area contributed by atoms with Gasteiger partial charge in [-0.1, -0.05) is 29.8 Å². The Bertz CT molecular complexity index is 667. The fourth-order valence-electron chi connectivity index (χ4n) is 1.88. The van der Waals surface area contributed by atoms with Crippen molar-refractivity contribution in [2.24, 2.45) is 5.73 Å². The van der Waals surface area contributed by atoms with Crippen molar-refractivity contribution >= 4 is 23.2 Å². The molecule has 0 saturated carbocycles. The quantitative estimate of drug-likeness (QED) is 0.712. The molecule has 7 heteroatoms. The van der Waals surface area contributed by atoms with Gasteiger partial charge >= 0.3 is 0 Å². The van der Waals surface area contributed by atoms with E-state index in [0.717, 1.165) is 16.3 Å². The van der Waals surface area contributed by atoms with Crippen LogP contribution in [0, 0.1) is 6.92 Å². The molecular formula is C16H19N3O3S. The highest BCUT2D eigenvalue weighted by Gasteiger charge is 2.08. The van der Waals surface area contributed by atoms with Gasteiger partial charge in [0.15, 0.2) is 0 Å². The fourth-order valence-corrected chi connectivity index (χ4v) is 2.71. The highest BCUT2D eigenvalue weighted by molar-refractivity contribution is 7.13. The molecule has 0 atom stereocenters. The van der Waals surface area contributed by atoms with Crippen LogP contribution < -0.4 is 11.1 Å². The van der Waals surface area contributed by atoms with Crippen molar-refractivity contribution in [3.63, 3.8) is 0 Å². The molecule has 6 nitrogen and oxygen atoms in total. The molecule has 0 radical (unpaired) electrons. The van der Waals surface area contributed by atoms with E-state index in [9.17, 15) is 9.59 Å². The smallest absolute Gasteiger partial charge is 0.243 e. The van der Waals surface area contributed by atoms with Gasteiger partial charge in [0.1, 0.15) is 11.6 Å². The molecule has 0 aliphatic rings. The molecular weight excluding hydrogens is 314 g/mol. The van der Waals surface area contributed by atoms with Crippen molar-refractivity contribution in [3.05, 3.63) is 40.9 Å². The minimum absolute atomic E-state index is 0.131. The zero-order valence-corrected chi connectivity index (χ0v) is 13.7. The number of thiazole rings is 1. The van der Waals surface area contributed by atoms with Gasteiger partial charge in [-0.25, -0.2) is 4.98 Å². The van der Waals surface area contributed by atoms with E-state index in [1.54, 1.807) is 0 Å². The van der Waals surface area contributed by atoms with Crippen LogP contribution in [-0.4, -0.2) is 36.6 Å².